The Morgan fingerprint density at radius 2 is 1.83 bits per heavy atom. The highest BCUT2D eigenvalue weighted by molar-refractivity contribution is 7.92. The second-order valence-corrected chi connectivity index (χ2v) is 6.88. The minimum Gasteiger partial charge on any atom is -0.382 e. The van der Waals surface area contributed by atoms with Crippen LogP contribution in [0.25, 0.3) is 0 Å². The van der Waals surface area contributed by atoms with E-state index in [1.54, 1.807) is 24.3 Å². The summed E-state index contributed by atoms with van der Waals surface area (Å²) in [5.41, 5.74) is 7.01. The maximum absolute atomic E-state index is 12.0. The molecule has 1 amide bonds. The second kappa shape index (κ2) is 6.61. The van der Waals surface area contributed by atoms with Gasteiger partial charge in [-0.3, -0.25) is 9.10 Å². The fourth-order valence-corrected chi connectivity index (χ4v) is 2.31. The van der Waals surface area contributed by atoms with E-state index in [4.69, 9.17) is 5.73 Å². The van der Waals surface area contributed by atoms with Gasteiger partial charge in [-0.05, 0) is 17.7 Å². The number of rotatable bonds is 5. The molecular formula is C14H17N5O3S. The SMILES string of the molecule is CN(c1ccc(CNC(=O)c2nccnc2N)cc1)S(C)(=O)=O. The number of benzene rings is 1. The molecule has 0 atom stereocenters. The predicted molar refractivity (Wildman–Crippen MR) is 87.3 cm³/mol. The summed E-state index contributed by atoms with van der Waals surface area (Å²) in [6, 6.07) is 6.80. The van der Waals surface area contributed by atoms with Crippen LogP contribution in [0.3, 0.4) is 0 Å². The van der Waals surface area contributed by atoms with Gasteiger partial charge in [0.1, 0.15) is 0 Å². The number of nitrogens with one attached hydrogen (secondary N) is 1. The van der Waals surface area contributed by atoms with E-state index in [1.807, 2.05) is 0 Å². The Labute approximate surface area is 134 Å². The topological polar surface area (TPSA) is 118 Å². The van der Waals surface area contributed by atoms with Gasteiger partial charge in [-0.2, -0.15) is 0 Å². The average Bonchev–Trinajstić information content (AvgIpc) is 2.52. The largest absolute Gasteiger partial charge is 0.382 e. The molecule has 1 aromatic heterocycles. The number of anilines is 2. The molecular weight excluding hydrogens is 318 g/mol. The van der Waals surface area contributed by atoms with Crippen molar-refractivity contribution >= 4 is 27.4 Å². The molecule has 23 heavy (non-hydrogen) atoms. The molecule has 0 aliphatic carbocycles. The van der Waals surface area contributed by atoms with Gasteiger partial charge in [-0.1, -0.05) is 12.1 Å². The molecule has 3 N–H and O–H groups in total. The number of nitrogens with two attached hydrogens (primary N) is 1. The lowest BCUT2D eigenvalue weighted by molar-refractivity contribution is 0.0946. The van der Waals surface area contributed by atoms with Crippen LogP contribution < -0.4 is 15.4 Å². The van der Waals surface area contributed by atoms with E-state index in [1.165, 1.54) is 23.7 Å². The quantitative estimate of drug-likeness (QED) is 0.816. The van der Waals surface area contributed by atoms with Crippen LogP contribution in [0.1, 0.15) is 16.1 Å². The molecule has 1 heterocycles. The summed E-state index contributed by atoms with van der Waals surface area (Å²) in [6.45, 7) is 0.262. The van der Waals surface area contributed by atoms with Crippen LogP contribution in [0.2, 0.25) is 0 Å². The molecule has 0 bridgehead atoms. The number of hydrogen-bond acceptors (Lipinski definition) is 6. The Morgan fingerprint density at radius 3 is 2.39 bits per heavy atom. The summed E-state index contributed by atoms with van der Waals surface area (Å²) in [5.74, 6) is -0.358. The van der Waals surface area contributed by atoms with Gasteiger partial charge in [0.05, 0.1) is 11.9 Å². The molecule has 122 valence electrons. The van der Waals surface area contributed by atoms with Crippen molar-refractivity contribution in [3.8, 4) is 0 Å². The summed E-state index contributed by atoms with van der Waals surface area (Å²) in [6.07, 6.45) is 3.93. The maximum atomic E-state index is 12.0. The van der Waals surface area contributed by atoms with Gasteiger partial charge in [0.25, 0.3) is 5.91 Å². The third-order valence-corrected chi connectivity index (χ3v) is 4.40. The highest BCUT2D eigenvalue weighted by Gasteiger charge is 2.13. The fraction of sp³-hybridized carbons (Fsp3) is 0.214. The van der Waals surface area contributed by atoms with Gasteiger partial charge >= 0.3 is 0 Å². The first-order chi connectivity index (χ1) is 10.8. The minimum absolute atomic E-state index is 0.0649. The Morgan fingerprint density at radius 1 is 1.22 bits per heavy atom. The summed E-state index contributed by atoms with van der Waals surface area (Å²) in [4.78, 5) is 19.6. The zero-order valence-electron chi connectivity index (χ0n) is 12.7. The van der Waals surface area contributed by atoms with Crippen molar-refractivity contribution in [1.82, 2.24) is 15.3 Å². The summed E-state index contributed by atoms with van der Waals surface area (Å²) in [5, 5.41) is 2.68. The normalized spacial score (nSPS) is 11.0. The number of carbonyl (C=O) groups is 1. The van der Waals surface area contributed by atoms with Crippen LogP contribution >= 0.6 is 0 Å². The predicted octanol–water partition coefficient (Wildman–Crippen LogP) is 0.385. The molecule has 0 aliphatic rings. The number of nitrogens with zero attached hydrogens (tertiary/aromatic N) is 3. The number of nitrogen functional groups attached to an aromatic ring is 1. The van der Waals surface area contributed by atoms with Gasteiger partial charge in [-0.25, -0.2) is 18.4 Å². The lowest BCUT2D eigenvalue weighted by atomic mass is 10.2. The van der Waals surface area contributed by atoms with E-state index < -0.39 is 15.9 Å². The zero-order chi connectivity index (χ0) is 17.0. The number of sulfonamides is 1. The molecule has 0 aliphatic heterocycles. The standard InChI is InChI=1S/C14H17N5O3S/c1-19(23(2,21)22)11-5-3-10(4-6-11)9-18-14(20)12-13(15)17-8-7-16-12/h3-8H,9H2,1-2H3,(H2,15,17)(H,18,20). The number of carbonyl (C=O) groups excluding carboxylic acids is 1. The summed E-state index contributed by atoms with van der Waals surface area (Å²) >= 11 is 0. The van der Waals surface area contributed by atoms with E-state index in [2.05, 4.69) is 15.3 Å². The van der Waals surface area contributed by atoms with E-state index in [9.17, 15) is 13.2 Å². The number of hydrogen-bond donors (Lipinski definition) is 2. The number of amides is 1. The van der Waals surface area contributed by atoms with Gasteiger partial charge < -0.3 is 11.1 Å². The Bertz CT molecular complexity index is 805. The number of aromatic nitrogens is 2. The molecule has 0 saturated heterocycles. The molecule has 8 nitrogen and oxygen atoms in total. The van der Waals surface area contributed by atoms with Crippen LogP contribution in [0, 0.1) is 0 Å². The Hall–Kier alpha value is -2.68. The van der Waals surface area contributed by atoms with Crippen LogP contribution in [-0.2, 0) is 16.6 Å². The van der Waals surface area contributed by atoms with Gasteiger partial charge in [-0.15, -0.1) is 0 Å². The Balaban J connectivity index is 2.02. The van der Waals surface area contributed by atoms with Gasteiger partial charge in [0, 0.05) is 26.0 Å². The highest BCUT2D eigenvalue weighted by Crippen LogP contribution is 2.16. The second-order valence-electron chi connectivity index (χ2n) is 4.87. The van der Waals surface area contributed by atoms with Crippen molar-refractivity contribution in [2.75, 3.05) is 23.3 Å². The average molecular weight is 335 g/mol. The molecule has 9 heteroatoms. The van der Waals surface area contributed by atoms with E-state index in [0.29, 0.717) is 5.69 Å². The monoisotopic (exact) mass is 335 g/mol. The van der Waals surface area contributed by atoms with Crippen LogP contribution in [-0.4, -0.2) is 37.6 Å². The molecule has 0 fully saturated rings. The van der Waals surface area contributed by atoms with Crippen molar-refractivity contribution < 1.29 is 13.2 Å². The minimum atomic E-state index is -3.30. The van der Waals surface area contributed by atoms with Crippen molar-refractivity contribution in [2.24, 2.45) is 0 Å². The first-order valence-corrected chi connectivity index (χ1v) is 8.51. The molecule has 0 spiro atoms. The van der Waals surface area contributed by atoms with Crippen molar-refractivity contribution in [3.05, 3.63) is 47.9 Å². The summed E-state index contributed by atoms with van der Waals surface area (Å²) < 4.78 is 24.1. The van der Waals surface area contributed by atoms with Crippen LogP contribution in [0.15, 0.2) is 36.7 Å². The van der Waals surface area contributed by atoms with Crippen LogP contribution in [0.5, 0.6) is 0 Å². The zero-order valence-corrected chi connectivity index (χ0v) is 13.5. The molecule has 0 saturated carbocycles. The van der Waals surface area contributed by atoms with E-state index >= 15 is 0 Å². The van der Waals surface area contributed by atoms with Crippen molar-refractivity contribution in [3.63, 3.8) is 0 Å². The highest BCUT2D eigenvalue weighted by atomic mass is 32.2. The molecule has 0 radical (unpaired) electrons. The lowest BCUT2D eigenvalue weighted by Crippen LogP contribution is -2.26. The van der Waals surface area contributed by atoms with E-state index in [0.717, 1.165) is 11.8 Å². The van der Waals surface area contributed by atoms with Crippen LogP contribution in [0.4, 0.5) is 11.5 Å². The first kappa shape index (κ1) is 16.7. The molecule has 0 unspecified atom stereocenters. The third-order valence-electron chi connectivity index (χ3n) is 3.19. The van der Waals surface area contributed by atoms with Gasteiger partial charge in [0.15, 0.2) is 11.5 Å². The van der Waals surface area contributed by atoms with Crippen molar-refractivity contribution in [2.45, 2.75) is 6.54 Å². The van der Waals surface area contributed by atoms with Crippen molar-refractivity contribution in [1.29, 1.82) is 0 Å². The molecule has 2 aromatic rings. The van der Waals surface area contributed by atoms with Gasteiger partial charge in [0.2, 0.25) is 10.0 Å². The Kier molecular flexibility index (Phi) is 4.80. The molecule has 1 aromatic carbocycles. The maximum Gasteiger partial charge on any atom is 0.273 e. The fourth-order valence-electron chi connectivity index (χ4n) is 1.80. The smallest absolute Gasteiger partial charge is 0.273 e. The lowest BCUT2D eigenvalue weighted by Gasteiger charge is -2.16. The van der Waals surface area contributed by atoms with E-state index in [-0.39, 0.29) is 18.1 Å². The molecule has 2 rings (SSSR count). The first-order valence-electron chi connectivity index (χ1n) is 6.66. The third kappa shape index (κ3) is 4.16. The summed E-state index contributed by atoms with van der Waals surface area (Å²) in [7, 11) is -1.83.